The number of fused-ring (bicyclic) bond motifs is 2. The summed E-state index contributed by atoms with van der Waals surface area (Å²) in [6.45, 7) is 3.58. The minimum absolute atomic E-state index is 0.0247. The van der Waals surface area contributed by atoms with Crippen LogP contribution in [0, 0.1) is 0 Å². The van der Waals surface area contributed by atoms with Gasteiger partial charge in [-0.3, -0.25) is 9.69 Å². The van der Waals surface area contributed by atoms with Gasteiger partial charge in [0.2, 0.25) is 0 Å². The molecule has 2 aliphatic rings. The second kappa shape index (κ2) is 8.93. The van der Waals surface area contributed by atoms with Crippen molar-refractivity contribution in [3.63, 3.8) is 0 Å². The van der Waals surface area contributed by atoms with Crippen LogP contribution in [0.5, 0.6) is 0 Å². The first kappa shape index (κ1) is 19.9. The summed E-state index contributed by atoms with van der Waals surface area (Å²) >= 11 is 0. The maximum Gasteiger partial charge on any atom is 0.251 e. The number of nitrogens with zero attached hydrogens (tertiary/aromatic N) is 1. The maximum absolute atomic E-state index is 12.1. The van der Waals surface area contributed by atoms with E-state index >= 15 is 0 Å². The summed E-state index contributed by atoms with van der Waals surface area (Å²) in [4.78, 5) is 14.6. The molecular formula is C25H30N2O2. The fourth-order valence-corrected chi connectivity index (χ4v) is 5.02. The molecule has 2 fully saturated rings. The minimum atomic E-state index is -0.0247. The number of carbonyl (C=O) groups excluding carboxylic acids is 1. The van der Waals surface area contributed by atoms with Crippen LogP contribution in [0.4, 0.5) is 0 Å². The Morgan fingerprint density at radius 2 is 1.55 bits per heavy atom. The number of amides is 1. The average molecular weight is 391 g/mol. The van der Waals surface area contributed by atoms with E-state index in [-0.39, 0.29) is 12.5 Å². The van der Waals surface area contributed by atoms with E-state index in [1.807, 2.05) is 19.1 Å². The number of nitrogens with one attached hydrogen (secondary N) is 1. The molecular weight excluding hydrogens is 360 g/mol. The maximum atomic E-state index is 12.1. The van der Waals surface area contributed by atoms with Crippen molar-refractivity contribution in [2.75, 3.05) is 19.7 Å². The zero-order valence-electron chi connectivity index (χ0n) is 17.1. The second-order valence-corrected chi connectivity index (χ2v) is 8.04. The molecule has 2 atom stereocenters. The van der Waals surface area contributed by atoms with Gasteiger partial charge in [0.25, 0.3) is 5.91 Å². The van der Waals surface area contributed by atoms with Gasteiger partial charge in [0.05, 0.1) is 6.61 Å². The summed E-state index contributed by atoms with van der Waals surface area (Å²) in [7, 11) is 0. The number of rotatable bonds is 6. The van der Waals surface area contributed by atoms with Crippen molar-refractivity contribution in [2.24, 2.45) is 0 Å². The largest absolute Gasteiger partial charge is 0.395 e. The number of hydrogen-bond acceptors (Lipinski definition) is 3. The predicted octanol–water partition coefficient (Wildman–Crippen LogP) is 3.86. The van der Waals surface area contributed by atoms with Gasteiger partial charge in [-0.2, -0.15) is 0 Å². The Bertz CT molecular complexity index is 857. The average Bonchev–Trinajstić information content (AvgIpc) is 2.98. The Labute approximate surface area is 173 Å². The molecule has 1 amide bonds. The standard InChI is InChI=1S/C25H30N2O2/c1-2-26-25(29)20-10-8-19(9-11-20)24(18-6-4-3-5-7-18)21-16-22-12-13-23(17-21)27(22)14-15-28/h3-11,22-23,28H,2,12-17H2,1H3,(H,26,29). The number of carbonyl (C=O) groups is 1. The Morgan fingerprint density at radius 1 is 0.966 bits per heavy atom. The van der Waals surface area contributed by atoms with E-state index in [9.17, 15) is 9.90 Å². The highest BCUT2D eigenvalue weighted by Gasteiger charge is 2.38. The van der Waals surface area contributed by atoms with Crippen molar-refractivity contribution >= 4 is 11.5 Å². The van der Waals surface area contributed by atoms with Crippen LogP contribution in [0.2, 0.25) is 0 Å². The summed E-state index contributed by atoms with van der Waals surface area (Å²) in [5.74, 6) is -0.0247. The predicted molar refractivity (Wildman–Crippen MR) is 117 cm³/mol. The SMILES string of the molecule is CCNC(=O)c1ccc(C(=C2CC3CCC(C2)N3CCO)c2ccccc2)cc1. The molecule has 4 heteroatoms. The lowest BCUT2D eigenvalue weighted by Gasteiger charge is -2.37. The van der Waals surface area contributed by atoms with Crippen molar-refractivity contribution in [2.45, 2.75) is 44.7 Å². The molecule has 0 radical (unpaired) electrons. The van der Waals surface area contributed by atoms with E-state index in [0.29, 0.717) is 24.2 Å². The van der Waals surface area contributed by atoms with Gasteiger partial charge in [-0.15, -0.1) is 0 Å². The molecule has 0 aromatic heterocycles. The first-order chi connectivity index (χ1) is 14.2. The Kier molecular flexibility index (Phi) is 6.12. The molecule has 2 bridgehead atoms. The third kappa shape index (κ3) is 4.14. The lowest BCUT2D eigenvalue weighted by atomic mass is 9.85. The van der Waals surface area contributed by atoms with E-state index in [4.69, 9.17) is 0 Å². The van der Waals surface area contributed by atoms with Crippen LogP contribution in [0.1, 0.15) is 54.1 Å². The molecule has 2 heterocycles. The fraction of sp³-hybridized carbons (Fsp3) is 0.400. The van der Waals surface area contributed by atoms with Gasteiger partial charge < -0.3 is 10.4 Å². The lowest BCUT2D eigenvalue weighted by molar-refractivity contribution is 0.0956. The molecule has 4 rings (SSSR count). The van der Waals surface area contributed by atoms with Crippen molar-refractivity contribution in [1.29, 1.82) is 0 Å². The zero-order valence-corrected chi connectivity index (χ0v) is 17.1. The summed E-state index contributed by atoms with van der Waals surface area (Å²) in [5.41, 5.74) is 5.93. The summed E-state index contributed by atoms with van der Waals surface area (Å²) in [6.07, 6.45) is 4.54. The molecule has 2 N–H and O–H groups in total. The summed E-state index contributed by atoms with van der Waals surface area (Å²) < 4.78 is 0. The van der Waals surface area contributed by atoms with E-state index in [1.165, 1.54) is 35.1 Å². The Hall–Kier alpha value is -2.43. The molecule has 2 aromatic rings. The molecule has 2 saturated heterocycles. The number of benzene rings is 2. The number of hydrogen-bond donors (Lipinski definition) is 2. The Balaban J connectivity index is 1.71. The van der Waals surface area contributed by atoms with Gasteiger partial charge in [0.1, 0.15) is 0 Å². The van der Waals surface area contributed by atoms with Gasteiger partial charge in [-0.05, 0) is 61.4 Å². The van der Waals surface area contributed by atoms with Crippen molar-refractivity contribution in [3.8, 4) is 0 Å². The second-order valence-electron chi connectivity index (χ2n) is 8.04. The quantitative estimate of drug-likeness (QED) is 0.788. The molecule has 0 spiro atoms. The molecule has 29 heavy (non-hydrogen) atoms. The molecule has 2 aliphatic heterocycles. The molecule has 0 aliphatic carbocycles. The highest BCUT2D eigenvalue weighted by Crippen LogP contribution is 2.42. The van der Waals surface area contributed by atoms with Crippen LogP contribution in [-0.2, 0) is 0 Å². The van der Waals surface area contributed by atoms with Crippen LogP contribution >= 0.6 is 0 Å². The van der Waals surface area contributed by atoms with Crippen LogP contribution in [-0.4, -0.2) is 47.7 Å². The van der Waals surface area contributed by atoms with Gasteiger partial charge in [0.15, 0.2) is 0 Å². The van der Waals surface area contributed by atoms with Gasteiger partial charge >= 0.3 is 0 Å². The monoisotopic (exact) mass is 390 g/mol. The number of piperidine rings is 1. The van der Waals surface area contributed by atoms with Gasteiger partial charge in [-0.1, -0.05) is 48.0 Å². The van der Waals surface area contributed by atoms with Crippen LogP contribution in [0.25, 0.3) is 5.57 Å². The van der Waals surface area contributed by atoms with E-state index in [0.717, 1.165) is 19.4 Å². The lowest BCUT2D eigenvalue weighted by Crippen LogP contribution is -2.42. The van der Waals surface area contributed by atoms with Crippen molar-refractivity contribution in [3.05, 3.63) is 76.9 Å². The first-order valence-electron chi connectivity index (χ1n) is 10.7. The summed E-state index contributed by atoms with van der Waals surface area (Å²) in [6, 6.07) is 19.7. The number of aliphatic hydroxyl groups excluding tert-OH is 1. The molecule has 2 aromatic carbocycles. The van der Waals surface area contributed by atoms with Crippen molar-refractivity contribution in [1.82, 2.24) is 10.2 Å². The topological polar surface area (TPSA) is 52.6 Å². The van der Waals surface area contributed by atoms with Crippen LogP contribution in [0.15, 0.2) is 60.2 Å². The molecule has 152 valence electrons. The summed E-state index contributed by atoms with van der Waals surface area (Å²) in [5, 5.41) is 12.3. The van der Waals surface area contributed by atoms with E-state index < -0.39 is 0 Å². The highest BCUT2D eigenvalue weighted by atomic mass is 16.3. The zero-order chi connectivity index (χ0) is 20.2. The van der Waals surface area contributed by atoms with Gasteiger partial charge in [0, 0.05) is 30.7 Å². The third-order valence-corrected chi connectivity index (χ3v) is 6.28. The third-order valence-electron chi connectivity index (χ3n) is 6.28. The van der Waals surface area contributed by atoms with E-state index in [1.54, 1.807) is 0 Å². The first-order valence-corrected chi connectivity index (χ1v) is 10.7. The highest BCUT2D eigenvalue weighted by molar-refractivity contribution is 5.95. The normalized spacial score (nSPS) is 21.2. The molecule has 4 nitrogen and oxygen atoms in total. The van der Waals surface area contributed by atoms with Crippen molar-refractivity contribution < 1.29 is 9.90 Å². The van der Waals surface area contributed by atoms with Crippen LogP contribution in [0.3, 0.4) is 0 Å². The van der Waals surface area contributed by atoms with Crippen LogP contribution < -0.4 is 5.32 Å². The number of aliphatic hydroxyl groups is 1. The van der Waals surface area contributed by atoms with E-state index in [2.05, 4.69) is 52.7 Å². The fourth-order valence-electron chi connectivity index (χ4n) is 5.02. The Morgan fingerprint density at radius 3 is 2.14 bits per heavy atom. The molecule has 0 saturated carbocycles. The minimum Gasteiger partial charge on any atom is -0.395 e. The molecule has 2 unspecified atom stereocenters. The smallest absolute Gasteiger partial charge is 0.251 e. The van der Waals surface area contributed by atoms with Gasteiger partial charge in [-0.25, -0.2) is 0 Å².